The van der Waals surface area contributed by atoms with Crippen LogP contribution in [0.15, 0.2) is 127 Å². The number of aliphatic hydroxyl groups excluding tert-OH is 2. The van der Waals surface area contributed by atoms with Gasteiger partial charge in [-0.05, 0) is 109 Å². The SMILES string of the molecule is C=CCCOC(=O)N(Cc1cccc2ccccc12)[C@H]1CC(=NOCc2ccc([N+](=O)[O-])cc2)C2=C[C@H](CCCCO)[C@@H](CCCCO)[C@@H]3c4cc(OC(=O)NCC)ccc4O[C@@]1(OCC=C)[C@H]23. The van der Waals surface area contributed by atoms with Crippen molar-refractivity contribution in [3.63, 3.8) is 0 Å². The van der Waals surface area contributed by atoms with E-state index in [2.05, 4.69) is 24.6 Å². The van der Waals surface area contributed by atoms with Crippen molar-refractivity contribution in [1.82, 2.24) is 10.2 Å². The molecule has 1 fully saturated rings. The molecular weight excluding hydrogens is 869 g/mol. The quantitative estimate of drug-likeness (QED) is 0.0278. The molecule has 0 unspecified atom stereocenters. The van der Waals surface area contributed by atoms with Crippen LogP contribution in [0.25, 0.3) is 10.8 Å². The summed E-state index contributed by atoms with van der Waals surface area (Å²) in [6.07, 6.45) is 8.96. The number of nitro groups is 1. The first-order chi connectivity index (χ1) is 33.2. The number of hydrogen-bond donors (Lipinski definition) is 3. The number of nitro benzene ring substituents is 1. The standard InChI is InChI=1S/C53H62N4O11/c1-4-7-30-64-52(61)56(34-39-18-14-17-37-15-8-9-19-42(37)39)48-33-46(55-66-35-36-21-23-40(24-22-36)57(62)63)44-31-38(16-10-12-27-58)43(20-11-13-28-59)49-45-32-41(67-51(60)54-6-3)25-26-47(45)68-53(48,50(44)49)65-29-5-2/h4-5,8-9,14-15,17-19,21-26,31-32,38,43,48-50,58-59H,1-2,6-7,10-13,16,20,27-30,33-35H2,3H3,(H,54,60)/t38-,43+,48-,49+,50+,53+/m0/s1. The lowest BCUT2D eigenvalue weighted by Gasteiger charge is -2.59. The molecule has 68 heavy (non-hydrogen) atoms. The monoisotopic (exact) mass is 930 g/mol. The summed E-state index contributed by atoms with van der Waals surface area (Å²) in [4.78, 5) is 46.7. The van der Waals surface area contributed by atoms with Crippen LogP contribution in [0.4, 0.5) is 15.3 Å². The van der Waals surface area contributed by atoms with E-state index in [9.17, 15) is 29.9 Å². The molecule has 7 rings (SSSR count). The molecular formula is C53H62N4O11. The second-order valence-electron chi connectivity index (χ2n) is 17.3. The summed E-state index contributed by atoms with van der Waals surface area (Å²) in [5.74, 6) is -1.97. The van der Waals surface area contributed by atoms with E-state index < -0.39 is 40.8 Å². The molecule has 4 aromatic rings. The third-order valence-corrected chi connectivity index (χ3v) is 13.1. The largest absolute Gasteiger partial charge is 0.459 e. The van der Waals surface area contributed by atoms with Gasteiger partial charge in [0.2, 0.25) is 5.79 Å². The normalized spacial score (nSPS) is 21.9. The first-order valence-corrected chi connectivity index (χ1v) is 23.6. The van der Waals surface area contributed by atoms with Crippen LogP contribution in [0.3, 0.4) is 0 Å². The van der Waals surface area contributed by atoms with Crippen molar-refractivity contribution >= 4 is 34.4 Å². The first-order valence-electron chi connectivity index (χ1n) is 23.6. The highest BCUT2D eigenvalue weighted by Gasteiger charge is 2.65. The first kappa shape index (κ1) is 49.4. The molecule has 3 N–H and O–H groups in total. The Labute approximate surface area is 397 Å². The van der Waals surface area contributed by atoms with E-state index in [1.807, 2.05) is 55.5 Å². The highest BCUT2D eigenvalue weighted by molar-refractivity contribution is 6.03. The van der Waals surface area contributed by atoms with Crippen LogP contribution in [0, 0.1) is 27.9 Å². The summed E-state index contributed by atoms with van der Waals surface area (Å²) >= 11 is 0. The molecule has 360 valence electrons. The number of amides is 2. The lowest BCUT2D eigenvalue weighted by molar-refractivity contribution is -0.384. The van der Waals surface area contributed by atoms with Crippen molar-refractivity contribution in [2.24, 2.45) is 22.9 Å². The van der Waals surface area contributed by atoms with Gasteiger partial charge in [0.15, 0.2) is 0 Å². The van der Waals surface area contributed by atoms with E-state index in [4.69, 9.17) is 28.9 Å². The van der Waals surface area contributed by atoms with Crippen molar-refractivity contribution in [3.8, 4) is 11.5 Å². The van der Waals surface area contributed by atoms with Crippen molar-refractivity contribution in [2.45, 2.75) is 89.2 Å². The zero-order valence-electron chi connectivity index (χ0n) is 38.6. The van der Waals surface area contributed by atoms with Gasteiger partial charge in [-0.1, -0.05) is 78.7 Å². The predicted octanol–water partition coefficient (Wildman–Crippen LogP) is 9.91. The minimum absolute atomic E-state index is 0.00146. The number of hydrogen-bond acceptors (Lipinski definition) is 12. The van der Waals surface area contributed by atoms with Crippen LogP contribution >= 0.6 is 0 Å². The maximum Gasteiger partial charge on any atom is 0.412 e. The zero-order valence-corrected chi connectivity index (χ0v) is 38.6. The van der Waals surface area contributed by atoms with Crippen LogP contribution in [-0.4, -0.2) is 82.7 Å². The zero-order chi connectivity index (χ0) is 48.0. The third kappa shape index (κ3) is 11.1. The minimum Gasteiger partial charge on any atom is -0.459 e. The van der Waals surface area contributed by atoms with Crippen LogP contribution < -0.4 is 14.8 Å². The highest BCUT2D eigenvalue weighted by atomic mass is 16.7. The molecule has 15 heteroatoms. The molecule has 0 bridgehead atoms. The topological polar surface area (TPSA) is 192 Å². The van der Waals surface area contributed by atoms with E-state index in [0.717, 1.165) is 40.3 Å². The molecule has 6 atom stereocenters. The number of unbranched alkanes of at least 4 members (excludes halogenated alkanes) is 2. The smallest absolute Gasteiger partial charge is 0.412 e. The maximum atomic E-state index is 15.0. The van der Waals surface area contributed by atoms with Gasteiger partial charge < -0.3 is 39.3 Å². The number of rotatable bonds is 23. The molecule has 4 aromatic carbocycles. The lowest BCUT2D eigenvalue weighted by Crippen LogP contribution is -2.70. The Balaban J connectivity index is 1.46. The number of nitrogens with zero attached hydrogens (tertiary/aromatic N) is 3. The predicted molar refractivity (Wildman–Crippen MR) is 258 cm³/mol. The Kier molecular flexibility index (Phi) is 17.0. The van der Waals surface area contributed by atoms with Gasteiger partial charge in [-0.3, -0.25) is 15.0 Å². The minimum atomic E-state index is -1.59. The number of benzene rings is 4. The number of nitrogens with one attached hydrogen (secondary N) is 1. The summed E-state index contributed by atoms with van der Waals surface area (Å²) in [5.41, 5.74) is 3.61. The molecule has 1 heterocycles. The fourth-order valence-corrected chi connectivity index (χ4v) is 10.1. The average Bonchev–Trinajstić information content (AvgIpc) is 3.34. The molecule has 0 radical (unpaired) electrons. The Morgan fingerprint density at radius 3 is 2.49 bits per heavy atom. The molecule has 1 aliphatic heterocycles. The van der Waals surface area contributed by atoms with E-state index in [1.54, 1.807) is 41.3 Å². The van der Waals surface area contributed by atoms with Crippen LogP contribution in [0.5, 0.6) is 11.5 Å². The fraction of sp³-hybridized carbons (Fsp3) is 0.415. The van der Waals surface area contributed by atoms with E-state index >= 15 is 0 Å². The average molecular weight is 931 g/mol. The van der Waals surface area contributed by atoms with Gasteiger partial charge in [0.05, 0.1) is 36.3 Å². The number of carbonyl (C=O) groups excluding carboxylic acids is 2. The Hall–Kier alpha value is -6.55. The summed E-state index contributed by atoms with van der Waals surface area (Å²) in [7, 11) is 0. The van der Waals surface area contributed by atoms with Gasteiger partial charge in [-0.2, -0.15) is 0 Å². The number of aliphatic hydroxyl groups is 2. The molecule has 0 saturated heterocycles. The van der Waals surface area contributed by atoms with Crippen LogP contribution in [0.1, 0.15) is 80.9 Å². The van der Waals surface area contributed by atoms with Crippen molar-refractivity contribution < 1.29 is 48.5 Å². The molecule has 2 amide bonds. The summed E-state index contributed by atoms with van der Waals surface area (Å²) in [6.45, 7) is 10.3. The van der Waals surface area contributed by atoms with Gasteiger partial charge in [-0.25, -0.2) is 9.59 Å². The third-order valence-electron chi connectivity index (χ3n) is 13.1. The number of carbonyl (C=O) groups is 2. The molecule has 3 aliphatic rings. The Morgan fingerprint density at radius 1 is 0.985 bits per heavy atom. The second-order valence-corrected chi connectivity index (χ2v) is 17.3. The van der Waals surface area contributed by atoms with Crippen LogP contribution in [0.2, 0.25) is 0 Å². The summed E-state index contributed by atoms with van der Waals surface area (Å²) < 4.78 is 26.4. The fourth-order valence-electron chi connectivity index (χ4n) is 10.1. The Morgan fingerprint density at radius 2 is 1.75 bits per heavy atom. The van der Waals surface area contributed by atoms with Gasteiger partial charge in [0, 0.05) is 49.8 Å². The maximum absolute atomic E-state index is 15.0. The van der Waals surface area contributed by atoms with E-state index in [0.29, 0.717) is 61.4 Å². The van der Waals surface area contributed by atoms with Gasteiger partial charge in [-0.15, -0.1) is 13.2 Å². The van der Waals surface area contributed by atoms with Crippen molar-refractivity contribution in [2.75, 3.05) is 33.0 Å². The molecule has 0 aromatic heterocycles. The van der Waals surface area contributed by atoms with Gasteiger partial charge in [0.1, 0.15) is 24.1 Å². The van der Waals surface area contributed by atoms with Gasteiger partial charge >= 0.3 is 12.2 Å². The molecule has 1 saturated carbocycles. The lowest BCUT2D eigenvalue weighted by atomic mass is 9.55. The van der Waals surface area contributed by atoms with Gasteiger partial charge in [0.25, 0.3) is 5.69 Å². The van der Waals surface area contributed by atoms with Crippen LogP contribution in [-0.2, 0) is 27.5 Å². The second kappa shape index (κ2) is 23.5. The Bertz CT molecular complexity index is 2470. The van der Waals surface area contributed by atoms with E-state index in [1.165, 1.54) is 12.1 Å². The van der Waals surface area contributed by atoms with Crippen molar-refractivity contribution in [1.29, 1.82) is 0 Å². The van der Waals surface area contributed by atoms with Crippen molar-refractivity contribution in [3.05, 3.63) is 149 Å². The van der Waals surface area contributed by atoms with E-state index in [-0.39, 0.29) is 63.5 Å². The summed E-state index contributed by atoms with van der Waals surface area (Å²) in [5, 5.41) is 41.0. The summed E-state index contributed by atoms with van der Waals surface area (Å²) in [6, 6.07) is 24.4. The number of non-ortho nitro benzene ring substituents is 1. The molecule has 2 aliphatic carbocycles. The highest BCUT2D eigenvalue weighted by Crippen LogP contribution is 2.62. The number of ether oxygens (including phenoxy) is 4. The number of oxime groups is 1. The molecule has 0 spiro atoms. The number of allylic oxidation sites excluding steroid dienone is 1. The number of fused-ring (bicyclic) bond motifs is 3. The molecule has 15 nitrogen and oxygen atoms in total.